The molecule has 0 saturated carbocycles. The third kappa shape index (κ3) is 3.86. The van der Waals surface area contributed by atoms with Gasteiger partial charge in [-0.2, -0.15) is 0 Å². The van der Waals surface area contributed by atoms with Gasteiger partial charge in [0, 0.05) is 11.6 Å². The Morgan fingerprint density at radius 2 is 2.05 bits per heavy atom. The fourth-order valence-electron chi connectivity index (χ4n) is 1.84. The van der Waals surface area contributed by atoms with Crippen molar-refractivity contribution in [1.29, 1.82) is 0 Å². The summed E-state index contributed by atoms with van der Waals surface area (Å²) in [5.41, 5.74) is 1.04. The normalized spacial score (nSPS) is 10.9. The van der Waals surface area contributed by atoms with Gasteiger partial charge in [-0.25, -0.2) is 0 Å². The highest BCUT2D eigenvalue weighted by Crippen LogP contribution is 2.25. The zero-order valence-electron chi connectivity index (χ0n) is 11.8. The van der Waals surface area contributed by atoms with Crippen molar-refractivity contribution in [3.8, 4) is 17.1 Å². The third-order valence-corrected chi connectivity index (χ3v) is 2.78. The van der Waals surface area contributed by atoms with E-state index in [9.17, 15) is 0 Å². The Morgan fingerprint density at radius 1 is 1.21 bits per heavy atom. The minimum atomic E-state index is 0.454. The molecule has 0 aliphatic rings. The lowest BCUT2D eigenvalue weighted by Crippen LogP contribution is -2.21. The average Bonchev–Trinajstić information content (AvgIpc) is 2.86. The van der Waals surface area contributed by atoms with E-state index in [0.29, 0.717) is 12.6 Å². The van der Waals surface area contributed by atoms with Crippen molar-refractivity contribution in [3.05, 3.63) is 42.2 Å². The zero-order chi connectivity index (χ0) is 13.7. The van der Waals surface area contributed by atoms with Gasteiger partial charge in [-0.3, -0.25) is 0 Å². The summed E-state index contributed by atoms with van der Waals surface area (Å²) in [7, 11) is 0. The summed E-state index contributed by atoms with van der Waals surface area (Å²) in [5.74, 6) is 2.70. The van der Waals surface area contributed by atoms with Gasteiger partial charge in [0.1, 0.15) is 17.3 Å². The van der Waals surface area contributed by atoms with Gasteiger partial charge in [0.05, 0.1) is 13.2 Å². The molecule has 2 aromatic rings. The van der Waals surface area contributed by atoms with Crippen LogP contribution >= 0.6 is 0 Å². The molecule has 0 bridgehead atoms. The number of ether oxygens (including phenoxy) is 1. The Labute approximate surface area is 114 Å². The molecule has 0 saturated heterocycles. The molecule has 0 atom stereocenters. The molecule has 0 aliphatic carbocycles. The van der Waals surface area contributed by atoms with E-state index in [1.54, 1.807) is 0 Å². The molecule has 0 fully saturated rings. The van der Waals surface area contributed by atoms with Crippen LogP contribution in [0.5, 0.6) is 5.75 Å². The van der Waals surface area contributed by atoms with Crippen LogP contribution in [-0.2, 0) is 6.54 Å². The maximum atomic E-state index is 5.84. The lowest BCUT2D eigenvalue weighted by molar-refractivity contribution is 0.340. The van der Waals surface area contributed by atoms with Crippen molar-refractivity contribution >= 4 is 0 Å². The molecule has 19 heavy (non-hydrogen) atoms. The van der Waals surface area contributed by atoms with E-state index in [0.717, 1.165) is 29.4 Å². The van der Waals surface area contributed by atoms with Crippen LogP contribution in [0.3, 0.4) is 0 Å². The van der Waals surface area contributed by atoms with Crippen LogP contribution in [-0.4, -0.2) is 12.6 Å². The van der Waals surface area contributed by atoms with Crippen LogP contribution in [0.4, 0.5) is 0 Å². The van der Waals surface area contributed by atoms with Gasteiger partial charge < -0.3 is 14.5 Å². The quantitative estimate of drug-likeness (QED) is 0.855. The van der Waals surface area contributed by atoms with Crippen molar-refractivity contribution in [2.45, 2.75) is 33.4 Å². The smallest absolute Gasteiger partial charge is 0.134 e. The Kier molecular flexibility index (Phi) is 4.63. The Bertz CT molecular complexity index is 517. The molecule has 0 spiro atoms. The summed E-state index contributed by atoms with van der Waals surface area (Å²) >= 11 is 0. The topological polar surface area (TPSA) is 34.4 Å². The van der Waals surface area contributed by atoms with E-state index in [4.69, 9.17) is 9.15 Å². The van der Waals surface area contributed by atoms with E-state index in [2.05, 4.69) is 19.2 Å². The molecule has 0 amide bonds. The number of nitrogens with one attached hydrogen (secondary N) is 1. The molecule has 3 nitrogen and oxygen atoms in total. The molecule has 0 radical (unpaired) electrons. The Hall–Kier alpha value is -1.74. The molecule has 3 heteroatoms. The molecule has 1 aromatic carbocycles. The molecule has 1 N–H and O–H groups in total. The fourth-order valence-corrected chi connectivity index (χ4v) is 1.84. The number of benzene rings is 1. The zero-order valence-corrected chi connectivity index (χ0v) is 11.8. The second-order valence-electron chi connectivity index (χ2n) is 4.76. The van der Waals surface area contributed by atoms with Crippen LogP contribution < -0.4 is 10.1 Å². The van der Waals surface area contributed by atoms with Crippen molar-refractivity contribution < 1.29 is 9.15 Å². The first-order chi connectivity index (χ1) is 9.19. The maximum absolute atomic E-state index is 5.84. The summed E-state index contributed by atoms with van der Waals surface area (Å²) in [5, 5.41) is 3.34. The van der Waals surface area contributed by atoms with Crippen LogP contribution in [0.25, 0.3) is 11.3 Å². The summed E-state index contributed by atoms with van der Waals surface area (Å²) < 4.78 is 11.3. The molecular weight excluding hydrogens is 238 g/mol. The minimum Gasteiger partial charge on any atom is -0.494 e. The third-order valence-electron chi connectivity index (χ3n) is 2.78. The SMILES string of the molecule is CCOc1cccc(-c2ccc(CNC(C)C)o2)c1. The monoisotopic (exact) mass is 259 g/mol. The van der Waals surface area contributed by atoms with Crippen LogP contribution in [0, 0.1) is 0 Å². The summed E-state index contributed by atoms with van der Waals surface area (Å²) in [6.45, 7) is 7.65. The van der Waals surface area contributed by atoms with E-state index in [1.807, 2.05) is 43.3 Å². The highest BCUT2D eigenvalue weighted by Gasteiger charge is 2.06. The Morgan fingerprint density at radius 3 is 2.79 bits per heavy atom. The van der Waals surface area contributed by atoms with Gasteiger partial charge in [-0.05, 0) is 31.2 Å². The molecule has 0 unspecified atom stereocenters. The van der Waals surface area contributed by atoms with E-state index < -0.39 is 0 Å². The van der Waals surface area contributed by atoms with Crippen LogP contribution in [0.15, 0.2) is 40.8 Å². The van der Waals surface area contributed by atoms with Crippen molar-refractivity contribution in [1.82, 2.24) is 5.32 Å². The molecule has 2 rings (SSSR count). The van der Waals surface area contributed by atoms with Gasteiger partial charge in [0.2, 0.25) is 0 Å². The van der Waals surface area contributed by atoms with Gasteiger partial charge in [-0.1, -0.05) is 26.0 Å². The van der Waals surface area contributed by atoms with Crippen LogP contribution in [0.1, 0.15) is 26.5 Å². The number of hydrogen-bond acceptors (Lipinski definition) is 3. The molecule has 1 aromatic heterocycles. The first kappa shape index (κ1) is 13.7. The lowest BCUT2D eigenvalue weighted by atomic mass is 10.1. The predicted molar refractivity (Wildman–Crippen MR) is 77.3 cm³/mol. The first-order valence-corrected chi connectivity index (χ1v) is 6.74. The summed E-state index contributed by atoms with van der Waals surface area (Å²) in [6, 6.07) is 12.4. The van der Waals surface area contributed by atoms with Crippen LogP contribution in [0.2, 0.25) is 0 Å². The van der Waals surface area contributed by atoms with Crippen molar-refractivity contribution in [2.24, 2.45) is 0 Å². The van der Waals surface area contributed by atoms with Gasteiger partial charge >= 0.3 is 0 Å². The van der Waals surface area contributed by atoms with Gasteiger partial charge in [0.15, 0.2) is 0 Å². The van der Waals surface area contributed by atoms with E-state index >= 15 is 0 Å². The van der Waals surface area contributed by atoms with Gasteiger partial charge in [0.25, 0.3) is 0 Å². The Balaban J connectivity index is 2.11. The standard InChI is InChI=1S/C16H21NO2/c1-4-18-14-7-5-6-13(10-14)16-9-8-15(19-16)11-17-12(2)3/h5-10,12,17H,4,11H2,1-3H3. The fraction of sp³-hybridized carbons (Fsp3) is 0.375. The second kappa shape index (κ2) is 6.43. The van der Waals surface area contributed by atoms with E-state index in [-0.39, 0.29) is 0 Å². The molecular formula is C16H21NO2. The van der Waals surface area contributed by atoms with Crippen molar-refractivity contribution in [3.63, 3.8) is 0 Å². The maximum Gasteiger partial charge on any atom is 0.134 e. The summed E-state index contributed by atoms with van der Waals surface area (Å²) in [6.07, 6.45) is 0. The number of hydrogen-bond donors (Lipinski definition) is 1. The minimum absolute atomic E-state index is 0.454. The lowest BCUT2D eigenvalue weighted by Gasteiger charge is -2.06. The molecule has 1 heterocycles. The second-order valence-corrected chi connectivity index (χ2v) is 4.76. The predicted octanol–water partition coefficient (Wildman–Crippen LogP) is 3.84. The largest absolute Gasteiger partial charge is 0.494 e. The van der Waals surface area contributed by atoms with Gasteiger partial charge in [-0.15, -0.1) is 0 Å². The first-order valence-electron chi connectivity index (χ1n) is 6.74. The highest BCUT2D eigenvalue weighted by molar-refractivity contribution is 5.59. The average molecular weight is 259 g/mol. The van der Waals surface area contributed by atoms with E-state index in [1.165, 1.54) is 0 Å². The molecule has 0 aliphatic heterocycles. The number of rotatable bonds is 6. The summed E-state index contributed by atoms with van der Waals surface area (Å²) in [4.78, 5) is 0. The number of furan rings is 1. The highest BCUT2D eigenvalue weighted by atomic mass is 16.5. The molecule has 102 valence electrons. The van der Waals surface area contributed by atoms with Crippen molar-refractivity contribution in [2.75, 3.05) is 6.61 Å².